The predicted octanol–water partition coefficient (Wildman–Crippen LogP) is 2.54. The second-order valence-corrected chi connectivity index (χ2v) is 4.16. The molecule has 0 aliphatic carbocycles. The van der Waals surface area contributed by atoms with E-state index in [1.54, 1.807) is 12.3 Å². The SMILES string of the molecule is CCc1ccc(-c2cnn(C(=O)COC)c2)cc1F. The van der Waals surface area contributed by atoms with Crippen molar-refractivity contribution in [2.24, 2.45) is 0 Å². The quantitative estimate of drug-likeness (QED) is 0.850. The lowest BCUT2D eigenvalue weighted by Gasteiger charge is -2.02. The molecule has 0 amide bonds. The molecule has 0 aliphatic heterocycles. The van der Waals surface area contributed by atoms with Crippen molar-refractivity contribution >= 4 is 5.91 Å². The van der Waals surface area contributed by atoms with Crippen LogP contribution in [0.1, 0.15) is 17.3 Å². The van der Waals surface area contributed by atoms with Gasteiger partial charge in [-0.25, -0.2) is 9.07 Å². The number of hydrogen-bond donors (Lipinski definition) is 0. The Kier molecular flexibility index (Phi) is 4.06. The second-order valence-electron chi connectivity index (χ2n) is 4.16. The Labute approximate surface area is 110 Å². The summed E-state index contributed by atoms with van der Waals surface area (Å²) < 4.78 is 19.7. The van der Waals surface area contributed by atoms with Gasteiger partial charge in [-0.3, -0.25) is 4.79 Å². The van der Waals surface area contributed by atoms with Gasteiger partial charge in [0.05, 0.1) is 6.20 Å². The summed E-state index contributed by atoms with van der Waals surface area (Å²) in [6, 6.07) is 5.03. The van der Waals surface area contributed by atoms with E-state index in [9.17, 15) is 9.18 Å². The van der Waals surface area contributed by atoms with E-state index < -0.39 is 0 Å². The van der Waals surface area contributed by atoms with Gasteiger partial charge in [-0.15, -0.1) is 0 Å². The van der Waals surface area contributed by atoms with E-state index in [1.807, 2.05) is 13.0 Å². The first-order chi connectivity index (χ1) is 9.15. The number of carbonyl (C=O) groups excluding carboxylic acids is 1. The standard InChI is InChI=1S/C14H15FN2O2/c1-3-10-4-5-11(6-13(10)15)12-7-16-17(8-12)14(18)9-19-2/h4-8H,3,9H2,1-2H3. The van der Waals surface area contributed by atoms with Crippen molar-refractivity contribution < 1.29 is 13.9 Å². The van der Waals surface area contributed by atoms with Crippen molar-refractivity contribution in [1.82, 2.24) is 9.78 Å². The van der Waals surface area contributed by atoms with Crippen molar-refractivity contribution in [2.75, 3.05) is 13.7 Å². The minimum absolute atomic E-state index is 0.0374. The summed E-state index contributed by atoms with van der Waals surface area (Å²) in [6.45, 7) is 1.86. The molecule has 5 heteroatoms. The Morgan fingerprint density at radius 3 is 2.84 bits per heavy atom. The van der Waals surface area contributed by atoms with Crippen LogP contribution < -0.4 is 0 Å². The summed E-state index contributed by atoms with van der Waals surface area (Å²) in [5.74, 6) is -0.504. The van der Waals surface area contributed by atoms with Gasteiger partial charge in [0, 0.05) is 18.9 Å². The van der Waals surface area contributed by atoms with E-state index in [4.69, 9.17) is 4.74 Å². The number of carbonyl (C=O) groups is 1. The predicted molar refractivity (Wildman–Crippen MR) is 69.5 cm³/mol. The van der Waals surface area contributed by atoms with Crippen LogP contribution in [0.15, 0.2) is 30.6 Å². The van der Waals surface area contributed by atoms with Gasteiger partial charge in [-0.05, 0) is 23.6 Å². The van der Waals surface area contributed by atoms with Crippen LogP contribution in [-0.2, 0) is 11.2 Å². The molecule has 1 aromatic heterocycles. The molecule has 2 rings (SSSR count). The third-order valence-electron chi connectivity index (χ3n) is 2.87. The number of aryl methyl sites for hydroxylation is 1. The van der Waals surface area contributed by atoms with E-state index in [-0.39, 0.29) is 18.3 Å². The lowest BCUT2D eigenvalue weighted by molar-refractivity contribution is 0.0745. The lowest BCUT2D eigenvalue weighted by Crippen LogP contribution is -2.16. The maximum absolute atomic E-state index is 13.7. The van der Waals surface area contributed by atoms with E-state index in [2.05, 4.69) is 5.10 Å². The molecule has 4 nitrogen and oxygen atoms in total. The van der Waals surface area contributed by atoms with Gasteiger partial charge in [0.25, 0.3) is 5.91 Å². The van der Waals surface area contributed by atoms with Crippen LogP contribution in [0.3, 0.4) is 0 Å². The van der Waals surface area contributed by atoms with E-state index in [1.165, 1.54) is 24.1 Å². The molecule has 0 N–H and O–H groups in total. The van der Waals surface area contributed by atoms with Gasteiger partial charge >= 0.3 is 0 Å². The van der Waals surface area contributed by atoms with Crippen molar-refractivity contribution in [3.05, 3.63) is 42.0 Å². The van der Waals surface area contributed by atoms with E-state index in [0.717, 1.165) is 0 Å². The highest BCUT2D eigenvalue weighted by Gasteiger charge is 2.09. The summed E-state index contributed by atoms with van der Waals surface area (Å²) in [6.07, 6.45) is 3.76. The highest BCUT2D eigenvalue weighted by atomic mass is 19.1. The van der Waals surface area contributed by atoms with Crippen molar-refractivity contribution in [1.29, 1.82) is 0 Å². The molecular formula is C14H15FN2O2. The average Bonchev–Trinajstić information content (AvgIpc) is 2.88. The lowest BCUT2D eigenvalue weighted by atomic mass is 10.1. The third-order valence-corrected chi connectivity index (χ3v) is 2.87. The number of hydrogen-bond acceptors (Lipinski definition) is 3. The normalized spacial score (nSPS) is 10.7. The zero-order valence-electron chi connectivity index (χ0n) is 10.9. The Hall–Kier alpha value is -2.01. The van der Waals surface area contributed by atoms with Gasteiger partial charge < -0.3 is 4.74 Å². The Balaban J connectivity index is 2.27. The maximum atomic E-state index is 13.7. The number of ether oxygens (including phenoxy) is 1. The fourth-order valence-electron chi connectivity index (χ4n) is 1.81. The number of benzene rings is 1. The molecule has 19 heavy (non-hydrogen) atoms. The summed E-state index contributed by atoms with van der Waals surface area (Å²) in [5.41, 5.74) is 2.07. The van der Waals surface area contributed by atoms with E-state index >= 15 is 0 Å². The number of methoxy groups -OCH3 is 1. The van der Waals surface area contributed by atoms with Crippen molar-refractivity contribution in [3.8, 4) is 11.1 Å². The second kappa shape index (κ2) is 5.75. The van der Waals surface area contributed by atoms with Crippen molar-refractivity contribution in [3.63, 3.8) is 0 Å². The molecule has 0 spiro atoms. The average molecular weight is 262 g/mol. The summed E-state index contributed by atoms with van der Waals surface area (Å²) in [4.78, 5) is 11.6. The van der Waals surface area contributed by atoms with Crippen molar-refractivity contribution in [2.45, 2.75) is 13.3 Å². The number of aromatic nitrogens is 2. The molecule has 0 fully saturated rings. The Morgan fingerprint density at radius 2 is 2.21 bits per heavy atom. The highest BCUT2D eigenvalue weighted by Crippen LogP contribution is 2.21. The van der Waals surface area contributed by atoms with Gasteiger partial charge in [0.2, 0.25) is 0 Å². The fraction of sp³-hybridized carbons (Fsp3) is 0.286. The van der Waals surface area contributed by atoms with Gasteiger partial charge in [0.1, 0.15) is 12.4 Å². The highest BCUT2D eigenvalue weighted by molar-refractivity contribution is 5.80. The molecule has 2 aromatic rings. The van der Waals surface area contributed by atoms with Crippen LogP contribution in [0.4, 0.5) is 4.39 Å². The first-order valence-electron chi connectivity index (χ1n) is 6.01. The van der Waals surface area contributed by atoms with Crippen LogP contribution in [0.25, 0.3) is 11.1 Å². The molecule has 0 radical (unpaired) electrons. The van der Waals surface area contributed by atoms with Crippen LogP contribution in [-0.4, -0.2) is 29.4 Å². The molecule has 0 saturated heterocycles. The fourth-order valence-corrected chi connectivity index (χ4v) is 1.81. The first-order valence-corrected chi connectivity index (χ1v) is 6.01. The molecule has 1 aromatic carbocycles. The zero-order chi connectivity index (χ0) is 13.8. The molecule has 0 atom stereocenters. The molecule has 0 bridgehead atoms. The minimum atomic E-state index is -0.264. The largest absolute Gasteiger partial charge is 0.375 e. The van der Waals surface area contributed by atoms with Gasteiger partial charge in [-0.2, -0.15) is 5.10 Å². The van der Waals surface area contributed by atoms with Crippen LogP contribution in [0, 0.1) is 5.82 Å². The summed E-state index contributed by atoms with van der Waals surface area (Å²) >= 11 is 0. The summed E-state index contributed by atoms with van der Waals surface area (Å²) in [7, 11) is 1.45. The molecule has 0 unspecified atom stereocenters. The number of rotatable bonds is 4. The summed E-state index contributed by atoms with van der Waals surface area (Å²) in [5, 5.41) is 3.95. The molecular weight excluding hydrogens is 247 g/mol. The Morgan fingerprint density at radius 1 is 1.42 bits per heavy atom. The topological polar surface area (TPSA) is 44.1 Å². The van der Waals surface area contributed by atoms with Crippen LogP contribution in [0.5, 0.6) is 0 Å². The smallest absolute Gasteiger partial charge is 0.272 e. The monoisotopic (exact) mass is 262 g/mol. The maximum Gasteiger partial charge on any atom is 0.272 e. The minimum Gasteiger partial charge on any atom is -0.375 e. The van der Waals surface area contributed by atoms with Gasteiger partial charge in [-0.1, -0.05) is 19.1 Å². The Bertz CT molecular complexity index is 593. The van der Waals surface area contributed by atoms with Crippen LogP contribution in [0.2, 0.25) is 0 Å². The molecule has 0 saturated carbocycles. The van der Waals surface area contributed by atoms with Crippen LogP contribution >= 0.6 is 0 Å². The molecule has 0 aliphatic rings. The number of nitrogens with zero attached hydrogens (tertiary/aromatic N) is 2. The van der Waals surface area contributed by atoms with Gasteiger partial charge in [0.15, 0.2) is 0 Å². The number of halogens is 1. The van der Waals surface area contributed by atoms with E-state index in [0.29, 0.717) is 23.1 Å². The zero-order valence-corrected chi connectivity index (χ0v) is 10.9. The molecule has 1 heterocycles. The molecule has 100 valence electrons. The first kappa shape index (κ1) is 13.4. The third kappa shape index (κ3) is 2.88.